The first-order chi connectivity index (χ1) is 10.5. The quantitative estimate of drug-likeness (QED) is 0.492. The van der Waals surface area contributed by atoms with Crippen molar-refractivity contribution >= 4 is 23.2 Å². The van der Waals surface area contributed by atoms with Gasteiger partial charge in [0.15, 0.2) is 12.2 Å². The molecule has 120 valence electrons. The lowest BCUT2D eigenvalue weighted by molar-refractivity contribution is -0.114. The van der Waals surface area contributed by atoms with Crippen molar-refractivity contribution in [2.24, 2.45) is 16.5 Å². The number of rotatable bonds is 4. The fraction of sp³-hybridized carbons (Fsp3) is 0.467. The number of nitrogens with one attached hydrogen (secondary N) is 2. The summed E-state index contributed by atoms with van der Waals surface area (Å²) in [4.78, 5) is 17.5. The summed E-state index contributed by atoms with van der Waals surface area (Å²) in [6, 6.07) is 7.27. The molecule has 2 rings (SSSR count). The SMILES string of the molecule is CC(=O)Nc1cccc(N/C(N)=N/C(N)N2CCCCC2)c1. The number of likely N-dealkylation sites (tertiary alicyclic amines) is 1. The molecule has 1 amide bonds. The smallest absolute Gasteiger partial charge is 0.221 e. The summed E-state index contributed by atoms with van der Waals surface area (Å²) in [6.45, 7) is 3.37. The molecule has 1 saturated heterocycles. The molecule has 1 heterocycles. The van der Waals surface area contributed by atoms with Crippen molar-refractivity contribution in [1.29, 1.82) is 0 Å². The van der Waals surface area contributed by atoms with Gasteiger partial charge in [0.1, 0.15) is 0 Å². The molecule has 1 aromatic carbocycles. The predicted molar refractivity (Wildman–Crippen MR) is 89.4 cm³/mol. The summed E-state index contributed by atoms with van der Waals surface area (Å²) < 4.78 is 0. The second kappa shape index (κ2) is 7.77. The van der Waals surface area contributed by atoms with Gasteiger partial charge in [-0.25, -0.2) is 4.99 Å². The summed E-state index contributed by atoms with van der Waals surface area (Å²) >= 11 is 0. The largest absolute Gasteiger partial charge is 0.370 e. The summed E-state index contributed by atoms with van der Waals surface area (Å²) in [6.07, 6.45) is 3.12. The van der Waals surface area contributed by atoms with Gasteiger partial charge in [-0.05, 0) is 31.0 Å². The maximum Gasteiger partial charge on any atom is 0.221 e. The standard InChI is InChI=1S/C15H24N6O/c1-11(22)18-12-6-5-7-13(10-12)19-14(16)20-15(17)21-8-3-2-4-9-21/h5-7,10,15H,2-4,8-9,17H2,1H3,(H,18,22)(H3,16,19,20). The first-order valence-corrected chi connectivity index (χ1v) is 7.52. The molecule has 0 spiro atoms. The number of nitrogens with zero attached hydrogens (tertiary/aromatic N) is 2. The lowest BCUT2D eigenvalue weighted by Gasteiger charge is -2.29. The second-order valence-corrected chi connectivity index (χ2v) is 5.41. The highest BCUT2D eigenvalue weighted by Gasteiger charge is 2.16. The third kappa shape index (κ3) is 5.01. The van der Waals surface area contributed by atoms with Crippen LogP contribution in [0.5, 0.6) is 0 Å². The molecule has 1 fully saturated rings. The molecule has 0 aromatic heterocycles. The number of nitrogens with two attached hydrogens (primary N) is 2. The summed E-state index contributed by atoms with van der Waals surface area (Å²) in [7, 11) is 0. The zero-order valence-electron chi connectivity index (χ0n) is 12.9. The average molecular weight is 304 g/mol. The number of carbonyl (C=O) groups excluding carboxylic acids is 1. The van der Waals surface area contributed by atoms with Crippen LogP contribution in [0.25, 0.3) is 0 Å². The highest BCUT2D eigenvalue weighted by Crippen LogP contribution is 2.15. The van der Waals surface area contributed by atoms with Gasteiger partial charge in [0.2, 0.25) is 5.91 Å². The van der Waals surface area contributed by atoms with Gasteiger partial charge in [-0.3, -0.25) is 15.4 Å². The van der Waals surface area contributed by atoms with Crippen LogP contribution in [-0.4, -0.2) is 36.1 Å². The molecule has 0 bridgehead atoms. The number of hydrogen-bond donors (Lipinski definition) is 4. The number of piperidine rings is 1. The highest BCUT2D eigenvalue weighted by molar-refractivity contribution is 5.94. The van der Waals surface area contributed by atoms with E-state index >= 15 is 0 Å². The molecule has 1 aromatic rings. The van der Waals surface area contributed by atoms with Gasteiger partial charge in [0, 0.05) is 31.4 Å². The van der Waals surface area contributed by atoms with Crippen molar-refractivity contribution in [3.05, 3.63) is 24.3 Å². The van der Waals surface area contributed by atoms with E-state index in [-0.39, 0.29) is 11.9 Å². The number of carbonyl (C=O) groups is 1. The van der Waals surface area contributed by atoms with Crippen molar-refractivity contribution < 1.29 is 4.79 Å². The van der Waals surface area contributed by atoms with Crippen LogP contribution in [0.2, 0.25) is 0 Å². The molecule has 1 atom stereocenters. The number of benzene rings is 1. The molecule has 1 aliphatic rings. The normalized spacial score (nSPS) is 17.8. The lowest BCUT2D eigenvalue weighted by Crippen LogP contribution is -2.45. The van der Waals surface area contributed by atoms with Crippen molar-refractivity contribution in [3.8, 4) is 0 Å². The molecule has 6 N–H and O–H groups in total. The zero-order valence-corrected chi connectivity index (χ0v) is 12.9. The minimum atomic E-state index is -0.425. The molecular formula is C15H24N6O. The molecule has 1 aliphatic heterocycles. The Morgan fingerprint density at radius 1 is 1.23 bits per heavy atom. The first-order valence-electron chi connectivity index (χ1n) is 7.52. The van der Waals surface area contributed by atoms with Crippen molar-refractivity contribution in [1.82, 2.24) is 4.90 Å². The average Bonchev–Trinajstić information content (AvgIpc) is 2.47. The molecule has 1 unspecified atom stereocenters. The van der Waals surface area contributed by atoms with E-state index < -0.39 is 6.29 Å². The Hall–Kier alpha value is -2.12. The van der Waals surface area contributed by atoms with Gasteiger partial charge in [0.25, 0.3) is 0 Å². The van der Waals surface area contributed by atoms with Gasteiger partial charge in [-0.15, -0.1) is 0 Å². The Morgan fingerprint density at radius 3 is 2.50 bits per heavy atom. The van der Waals surface area contributed by atoms with Crippen LogP contribution in [0.15, 0.2) is 29.3 Å². The van der Waals surface area contributed by atoms with Gasteiger partial charge in [-0.2, -0.15) is 0 Å². The van der Waals surface area contributed by atoms with Crippen LogP contribution in [0.1, 0.15) is 26.2 Å². The van der Waals surface area contributed by atoms with Crippen LogP contribution < -0.4 is 22.1 Å². The Balaban J connectivity index is 1.96. The van der Waals surface area contributed by atoms with E-state index in [1.54, 1.807) is 12.1 Å². The van der Waals surface area contributed by atoms with E-state index in [4.69, 9.17) is 11.5 Å². The third-order valence-electron chi connectivity index (χ3n) is 3.49. The Kier molecular flexibility index (Phi) is 5.74. The molecule has 0 radical (unpaired) electrons. The molecule has 0 aliphatic carbocycles. The zero-order chi connectivity index (χ0) is 15.9. The van der Waals surface area contributed by atoms with Crippen LogP contribution >= 0.6 is 0 Å². The van der Waals surface area contributed by atoms with Crippen molar-refractivity contribution in [2.45, 2.75) is 32.5 Å². The van der Waals surface area contributed by atoms with Gasteiger partial charge in [-0.1, -0.05) is 12.5 Å². The van der Waals surface area contributed by atoms with Crippen LogP contribution in [0.4, 0.5) is 11.4 Å². The molecule has 7 nitrogen and oxygen atoms in total. The Labute approximate surface area is 130 Å². The number of guanidine groups is 1. The number of aliphatic imine (C=N–C) groups is 1. The third-order valence-corrected chi connectivity index (χ3v) is 3.49. The summed E-state index contributed by atoms with van der Waals surface area (Å²) in [5, 5.41) is 5.71. The first kappa shape index (κ1) is 16.3. The maximum atomic E-state index is 11.1. The van der Waals surface area contributed by atoms with Crippen LogP contribution in [0.3, 0.4) is 0 Å². The van der Waals surface area contributed by atoms with Gasteiger partial charge in [0.05, 0.1) is 0 Å². The van der Waals surface area contributed by atoms with E-state index in [1.165, 1.54) is 13.3 Å². The molecular weight excluding hydrogens is 280 g/mol. The maximum absolute atomic E-state index is 11.1. The van der Waals surface area contributed by atoms with Crippen molar-refractivity contribution in [2.75, 3.05) is 23.7 Å². The van der Waals surface area contributed by atoms with Crippen LogP contribution in [0, 0.1) is 0 Å². The predicted octanol–water partition coefficient (Wildman–Crippen LogP) is 1.10. The lowest BCUT2D eigenvalue weighted by atomic mass is 10.1. The fourth-order valence-electron chi connectivity index (χ4n) is 2.47. The second-order valence-electron chi connectivity index (χ2n) is 5.41. The topological polar surface area (TPSA) is 109 Å². The molecule has 22 heavy (non-hydrogen) atoms. The van der Waals surface area contributed by atoms with Gasteiger partial charge >= 0.3 is 0 Å². The Morgan fingerprint density at radius 2 is 1.86 bits per heavy atom. The minimum Gasteiger partial charge on any atom is -0.370 e. The number of anilines is 2. The van der Waals surface area contributed by atoms with E-state index in [2.05, 4.69) is 20.5 Å². The monoisotopic (exact) mass is 304 g/mol. The summed E-state index contributed by atoms with van der Waals surface area (Å²) in [5.41, 5.74) is 13.4. The minimum absolute atomic E-state index is 0.120. The molecule has 7 heteroatoms. The van der Waals surface area contributed by atoms with E-state index in [1.807, 2.05) is 12.1 Å². The van der Waals surface area contributed by atoms with Crippen LogP contribution in [-0.2, 0) is 4.79 Å². The molecule has 0 saturated carbocycles. The Bertz CT molecular complexity index is 539. The summed E-state index contributed by atoms with van der Waals surface area (Å²) in [5.74, 6) is 0.143. The van der Waals surface area contributed by atoms with E-state index in [9.17, 15) is 4.79 Å². The number of amides is 1. The van der Waals surface area contributed by atoms with Gasteiger partial charge < -0.3 is 16.4 Å². The highest BCUT2D eigenvalue weighted by atomic mass is 16.1. The van der Waals surface area contributed by atoms with Crippen molar-refractivity contribution in [3.63, 3.8) is 0 Å². The number of hydrogen-bond acceptors (Lipinski definition) is 4. The van der Waals surface area contributed by atoms with E-state index in [0.717, 1.165) is 31.6 Å². The fourth-order valence-corrected chi connectivity index (χ4v) is 2.47. The van der Waals surface area contributed by atoms with E-state index in [0.29, 0.717) is 5.69 Å².